The van der Waals surface area contributed by atoms with Gasteiger partial charge in [0.05, 0.1) is 13.2 Å². The Hall–Kier alpha value is -0.320. The van der Waals surface area contributed by atoms with Crippen LogP contribution in [0.5, 0.6) is 0 Å². The Morgan fingerprint density at radius 2 is 1.00 bits per heavy atom. The van der Waals surface area contributed by atoms with Crippen molar-refractivity contribution >= 4 is 0 Å². The minimum atomic E-state index is 0.346. The highest BCUT2D eigenvalue weighted by Gasteiger charge is 1.94. The molecule has 0 radical (unpaired) electrons. The molecule has 0 fully saturated rings. The van der Waals surface area contributed by atoms with E-state index in [0.29, 0.717) is 33.3 Å². The molecule has 0 aliphatic heterocycles. The molecule has 0 unspecified atom stereocenters. The fraction of sp³-hybridized carbons (Fsp3) is 1.00. The predicted octanol–water partition coefficient (Wildman–Crippen LogP) is 0.405. The molecule has 0 aliphatic rings. The molecule has 0 saturated heterocycles. The molecule has 0 atom stereocenters. The zero-order valence-corrected chi connectivity index (χ0v) is 16.5. The van der Waals surface area contributed by atoms with Crippen molar-refractivity contribution < 1.29 is 18.9 Å². The monoisotopic (exact) mass is 378 g/mol. The van der Waals surface area contributed by atoms with Crippen LogP contribution in [0.2, 0.25) is 0 Å². The van der Waals surface area contributed by atoms with E-state index in [1.807, 2.05) is 0 Å². The fourth-order valence-electron chi connectivity index (χ4n) is 2.15. The van der Waals surface area contributed by atoms with Crippen LogP contribution < -0.4 is 22.1 Å². The van der Waals surface area contributed by atoms with E-state index in [0.717, 1.165) is 84.5 Å². The number of rotatable bonds is 23. The minimum absolute atomic E-state index is 0.346. The van der Waals surface area contributed by atoms with Crippen LogP contribution in [0.4, 0.5) is 0 Å². The zero-order chi connectivity index (χ0) is 19.0. The molecule has 158 valence electrons. The maximum atomic E-state index is 5.44. The van der Waals surface area contributed by atoms with Crippen LogP contribution in [-0.2, 0) is 18.9 Å². The summed E-state index contributed by atoms with van der Waals surface area (Å²) in [5.74, 6) is 0. The molecule has 0 rings (SSSR count). The topological polar surface area (TPSA) is 113 Å². The normalized spacial score (nSPS) is 11.3. The van der Waals surface area contributed by atoms with Crippen LogP contribution >= 0.6 is 0 Å². The maximum absolute atomic E-state index is 5.44. The van der Waals surface area contributed by atoms with E-state index in [1.165, 1.54) is 0 Å². The summed E-state index contributed by atoms with van der Waals surface area (Å²) >= 11 is 0. The smallest absolute Gasteiger partial charge is 0.146 e. The van der Waals surface area contributed by atoms with Gasteiger partial charge < -0.3 is 41.0 Å². The SMILES string of the molecule is NCCCCCOCOCCCCCNCCOCOCCNCCN. The van der Waals surface area contributed by atoms with Crippen LogP contribution in [0.15, 0.2) is 0 Å². The lowest BCUT2D eigenvalue weighted by atomic mass is 10.2. The second-order valence-electron chi connectivity index (χ2n) is 6.07. The Morgan fingerprint density at radius 3 is 1.58 bits per heavy atom. The first-order valence-corrected chi connectivity index (χ1v) is 10.0. The molecule has 0 aromatic heterocycles. The third kappa shape index (κ3) is 23.7. The first-order valence-electron chi connectivity index (χ1n) is 10.0. The van der Waals surface area contributed by atoms with Crippen LogP contribution in [0, 0.1) is 0 Å². The van der Waals surface area contributed by atoms with Crippen molar-refractivity contribution in [2.45, 2.75) is 38.5 Å². The van der Waals surface area contributed by atoms with E-state index in [4.69, 9.17) is 30.4 Å². The quantitative estimate of drug-likeness (QED) is 0.149. The molecular formula is C18H42N4O4. The zero-order valence-electron chi connectivity index (χ0n) is 16.5. The van der Waals surface area contributed by atoms with Gasteiger partial charge in [-0.25, -0.2) is 0 Å². The van der Waals surface area contributed by atoms with E-state index in [1.54, 1.807) is 0 Å². The van der Waals surface area contributed by atoms with Crippen molar-refractivity contribution in [3.63, 3.8) is 0 Å². The minimum Gasteiger partial charge on any atom is -0.355 e. The van der Waals surface area contributed by atoms with Gasteiger partial charge in [0.1, 0.15) is 13.6 Å². The first kappa shape index (κ1) is 25.7. The Labute approximate surface area is 159 Å². The maximum Gasteiger partial charge on any atom is 0.146 e. The summed E-state index contributed by atoms with van der Waals surface area (Å²) in [7, 11) is 0. The molecule has 0 amide bonds. The van der Waals surface area contributed by atoms with Crippen molar-refractivity contribution in [3.8, 4) is 0 Å². The van der Waals surface area contributed by atoms with E-state index >= 15 is 0 Å². The molecule has 0 heterocycles. The summed E-state index contributed by atoms with van der Waals surface area (Å²) in [5.41, 5.74) is 10.8. The van der Waals surface area contributed by atoms with Crippen molar-refractivity contribution in [1.29, 1.82) is 0 Å². The molecule has 0 spiro atoms. The summed E-state index contributed by atoms with van der Waals surface area (Å²) in [4.78, 5) is 0. The van der Waals surface area contributed by atoms with Gasteiger partial charge in [-0.3, -0.25) is 0 Å². The van der Waals surface area contributed by atoms with Gasteiger partial charge in [0.2, 0.25) is 0 Å². The highest BCUT2D eigenvalue weighted by atomic mass is 16.7. The predicted molar refractivity (Wildman–Crippen MR) is 105 cm³/mol. The average Bonchev–Trinajstić information content (AvgIpc) is 2.66. The van der Waals surface area contributed by atoms with Gasteiger partial charge in [-0.1, -0.05) is 0 Å². The van der Waals surface area contributed by atoms with Gasteiger partial charge in [-0.05, 0) is 51.6 Å². The Balaban J connectivity index is 2.95. The van der Waals surface area contributed by atoms with E-state index in [-0.39, 0.29) is 0 Å². The Kier molecular flexibility index (Phi) is 24.4. The van der Waals surface area contributed by atoms with E-state index in [2.05, 4.69) is 10.6 Å². The summed E-state index contributed by atoms with van der Waals surface area (Å²) < 4.78 is 21.5. The molecule has 8 nitrogen and oxygen atoms in total. The number of hydrogen-bond donors (Lipinski definition) is 4. The van der Waals surface area contributed by atoms with Crippen LogP contribution in [0.25, 0.3) is 0 Å². The second-order valence-corrected chi connectivity index (χ2v) is 6.07. The molecule has 26 heavy (non-hydrogen) atoms. The fourth-order valence-corrected chi connectivity index (χ4v) is 2.15. The number of hydrogen-bond acceptors (Lipinski definition) is 8. The molecule has 8 heteroatoms. The summed E-state index contributed by atoms with van der Waals surface area (Å²) in [6.45, 7) is 8.51. The standard InChI is InChI=1S/C18H42N4O4/c19-7-3-1-5-13-23-17-24-14-6-2-4-9-21-11-15-25-18-26-16-12-22-10-8-20/h21-22H,1-20H2. The van der Waals surface area contributed by atoms with Gasteiger partial charge in [0.15, 0.2) is 0 Å². The third-order valence-electron chi connectivity index (χ3n) is 3.64. The van der Waals surface area contributed by atoms with Crippen molar-refractivity contribution in [3.05, 3.63) is 0 Å². The lowest BCUT2D eigenvalue weighted by Gasteiger charge is -2.08. The summed E-state index contributed by atoms with van der Waals surface area (Å²) in [6, 6.07) is 0. The van der Waals surface area contributed by atoms with Gasteiger partial charge in [0.25, 0.3) is 0 Å². The number of nitrogens with one attached hydrogen (secondary N) is 2. The van der Waals surface area contributed by atoms with E-state index in [9.17, 15) is 0 Å². The van der Waals surface area contributed by atoms with Gasteiger partial charge in [0, 0.05) is 39.4 Å². The highest BCUT2D eigenvalue weighted by Crippen LogP contribution is 1.97. The average molecular weight is 379 g/mol. The summed E-state index contributed by atoms with van der Waals surface area (Å²) in [6.07, 6.45) is 6.64. The second kappa shape index (κ2) is 24.7. The molecular weight excluding hydrogens is 336 g/mol. The van der Waals surface area contributed by atoms with Crippen molar-refractivity contribution in [2.75, 3.05) is 79.3 Å². The van der Waals surface area contributed by atoms with Crippen molar-refractivity contribution in [1.82, 2.24) is 10.6 Å². The van der Waals surface area contributed by atoms with Crippen molar-refractivity contribution in [2.24, 2.45) is 11.5 Å². The molecule has 6 N–H and O–H groups in total. The number of unbranched alkanes of at least 4 members (excludes halogenated alkanes) is 4. The lowest BCUT2D eigenvalue weighted by Crippen LogP contribution is -2.26. The van der Waals surface area contributed by atoms with Gasteiger partial charge >= 0.3 is 0 Å². The Morgan fingerprint density at radius 1 is 0.462 bits per heavy atom. The van der Waals surface area contributed by atoms with E-state index < -0.39 is 0 Å². The molecule has 0 aliphatic carbocycles. The lowest BCUT2D eigenvalue weighted by molar-refractivity contribution is -0.0556. The number of ether oxygens (including phenoxy) is 4. The van der Waals surface area contributed by atoms with Crippen LogP contribution in [0.3, 0.4) is 0 Å². The molecule has 0 bridgehead atoms. The van der Waals surface area contributed by atoms with Crippen LogP contribution in [-0.4, -0.2) is 79.3 Å². The molecule has 0 saturated carbocycles. The Bertz CT molecular complexity index is 227. The third-order valence-corrected chi connectivity index (χ3v) is 3.64. The van der Waals surface area contributed by atoms with Gasteiger partial charge in [-0.2, -0.15) is 0 Å². The van der Waals surface area contributed by atoms with Crippen LogP contribution in [0.1, 0.15) is 38.5 Å². The van der Waals surface area contributed by atoms with Gasteiger partial charge in [-0.15, -0.1) is 0 Å². The molecule has 0 aromatic carbocycles. The molecule has 0 aromatic rings. The number of nitrogens with two attached hydrogens (primary N) is 2. The summed E-state index contributed by atoms with van der Waals surface area (Å²) in [5, 5.41) is 6.51. The first-order chi connectivity index (χ1) is 12.9. The highest BCUT2D eigenvalue weighted by molar-refractivity contribution is 4.48. The largest absolute Gasteiger partial charge is 0.355 e.